The second-order valence-electron chi connectivity index (χ2n) is 6.80. The van der Waals surface area contributed by atoms with Gasteiger partial charge in [0, 0.05) is 62.8 Å². The van der Waals surface area contributed by atoms with E-state index in [1.54, 1.807) is 11.4 Å². The first-order chi connectivity index (χ1) is 13.0. The zero-order valence-electron chi connectivity index (χ0n) is 15.4. The third kappa shape index (κ3) is 3.47. The molecule has 1 fully saturated rings. The van der Waals surface area contributed by atoms with Crippen LogP contribution in [0.5, 0.6) is 0 Å². The molecule has 0 aromatic carbocycles. The molecule has 0 atom stereocenters. The summed E-state index contributed by atoms with van der Waals surface area (Å²) in [5, 5.41) is 4.27. The maximum absolute atomic E-state index is 12.0. The van der Waals surface area contributed by atoms with Crippen LogP contribution in [0.15, 0.2) is 28.0 Å². The molecule has 142 valence electrons. The number of nitrogens with one attached hydrogen (secondary N) is 1. The summed E-state index contributed by atoms with van der Waals surface area (Å²) in [5.74, 6) is 1.59. The molecule has 1 aliphatic rings. The molecule has 0 spiro atoms. The number of nitrogens with zero attached hydrogens (tertiary/aromatic N) is 7. The first-order valence-electron chi connectivity index (χ1n) is 8.97. The Bertz CT molecular complexity index is 1040. The van der Waals surface area contributed by atoms with Crippen molar-refractivity contribution in [2.45, 2.75) is 20.4 Å². The summed E-state index contributed by atoms with van der Waals surface area (Å²) in [4.78, 5) is 39.7. The molecule has 4 rings (SSSR count). The smallest absolute Gasteiger partial charge is 0.328 e. The minimum Gasteiger partial charge on any atom is -0.354 e. The summed E-state index contributed by atoms with van der Waals surface area (Å²) in [6.07, 6.45) is 1.51. The summed E-state index contributed by atoms with van der Waals surface area (Å²) in [6, 6.07) is 3.47. The fourth-order valence-corrected chi connectivity index (χ4v) is 3.43. The Balaban J connectivity index is 1.41. The number of hydrogen-bond acceptors (Lipinski definition) is 7. The second-order valence-corrected chi connectivity index (χ2v) is 6.80. The van der Waals surface area contributed by atoms with Crippen LogP contribution in [0.2, 0.25) is 0 Å². The highest BCUT2D eigenvalue weighted by Gasteiger charge is 2.20. The maximum atomic E-state index is 12.0. The number of anilines is 1. The fourth-order valence-electron chi connectivity index (χ4n) is 3.43. The number of fused-ring (bicyclic) bond motifs is 1. The highest BCUT2D eigenvalue weighted by atomic mass is 16.2. The van der Waals surface area contributed by atoms with E-state index in [1.807, 2.05) is 13.0 Å². The van der Waals surface area contributed by atoms with Crippen molar-refractivity contribution in [3.05, 3.63) is 50.7 Å². The predicted molar refractivity (Wildman–Crippen MR) is 100 cm³/mol. The summed E-state index contributed by atoms with van der Waals surface area (Å²) in [5.41, 5.74) is 0.892. The lowest BCUT2D eigenvalue weighted by molar-refractivity contribution is 0.245. The van der Waals surface area contributed by atoms with Crippen LogP contribution >= 0.6 is 0 Å². The van der Waals surface area contributed by atoms with Crippen LogP contribution in [0.3, 0.4) is 0 Å². The van der Waals surface area contributed by atoms with Gasteiger partial charge >= 0.3 is 5.69 Å². The first-order valence-corrected chi connectivity index (χ1v) is 8.97. The normalized spacial score (nSPS) is 15.6. The summed E-state index contributed by atoms with van der Waals surface area (Å²) >= 11 is 0. The third-order valence-corrected chi connectivity index (χ3v) is 4.85. The predicted octanol–water partition coefficient (Wildman–Crippen LogP) is -0.587. The van der Waals surface area contributed by atoms with Crippen LogP contribution in [0.4, 0.5) is 5.82 Å². The van der Waals surface area contributed by atoms with Gasteiger partial charge in [-0.25, -0.2) is 9.78 Å². The monoisotopic (exact) mass is 370 g/mol. The summed E-state index contributed by atoms with van der Waals surface area (Å²) in [7, 11) is 0. The fraction of sp³-hybridized carbons (Fsp3) is 0.471. The van der Waals surface area contributed by atoms with E-state index in [0.29, 0.717) is 24.6 Å². The molecule has 3 aromatic heterocycles. The van der Waals surface area contributed by atoms with Gasteiger partial charge in [-0.15, -0.1) is 0 Å². The van der Waals surface area contributed by atoms with Crippen molar-refractivity contribution in [3.63, 3.8) is 0 Å². The van der Waals surface area contributed by atoms with Crippen LogP contribution in [-0.2, 0) is 6.54 Å². The average molecular weight is 370 g/mol. The van der Waals surface area contributed by atoms with Gasteiger partial charge in [0.25, 0.3) is 11.3 Å². The SMILES string of the molecule is Cc1cc(N2CCN(CCn3c(=O)cc(C)[nH]c3=O)CC2)n2ncnc2n1. The molecule has 0 saturated carbocycles. The number of piperazine rings is 1. The lowest BCUT2D eigenvalue weighted by atomic mass is 10.3. The molecule has 10 heteroatoms. The van der Waals surface area contributed by atoms with Gasteiger partial charge in [-0.3, -0.25) is 14.3 Å². The third-order valence-electron chi connectivity index (χ3n) is 4.85. The van der Waals surface area contributed by atoms with E-state index in [2.05, 4.69) is 29.9 Å². The van der Waals surface area contributed by atoms with Crippen LogP contribution in [0.25, 0.3) is 5.78 Å². The average Bonchev–Trinajstić information content (AvgIpc) is 3.09. The summed E-state index contributed by atoms with van der Waals surface area (Å²) in [6.45, 7) is 8.05. The number of rotatable bonds is 4. The number of aromatic nitrogens is 6. The van der Waals surface area contributed by atoms with E-state index < -0.39 is 0 Å². The Morgan fingerprint density at radius 3 is 2.59 bits per heavy atom. The summed E-state index contributed by atoms with van der Waals surface area (Å²) < 4.78 is 3.01. The van der Waals surface area contributed by atoms with Gasteiger partial charge in [0.2, 0.25) is 0 Å². The Morgan fingerprint density at radius 2 is 1.85 bits per heavy atom. The minimum atomic E-state index is -0.348. The lowest BCUT2D eigenvalue weighted by Gasteiger charge is -2.35. The van der Waals surface area contributed by atoms with Gasteiger partial charge in [0.15, 0.2) is 0 Å². The van der Waals surface area contributed by atoms with Crippen LogP contribution < -0.4 is 16.1 Å². The van der Waals surface area contributed by atoms with Gasteiger partial charge in [-0.2, -0.15) is 14.6 Å². The first kappa shape index (κ1) is 17.4. The molecule has 0 unspecified atom stereocenters. The molecule has 0 aliphatic carbocycles. The molecule has 0 amide bonds. The number of aryl methyl sites for hydroxylation is 2. The van der Waals surface area contributed by atoms with Crippen molar-refractivity contribution < 1.29 is 0 Å². The highest BCUT2D eigenvalue weighted by Crippen LogP contribution is 2.17. The molecule has 27 heavy (non-hydrogen) atoms. The van der Waals surface area contributed by atoms with E-state index >= 15 is 0 Å². The van der Waals surface area contributed by atoms with Crippen molar-refractivity contribution >= 4 is 11.6 Å². The molecule has 0 radical (unpaired) electrons. The van der Waals surface area contributed by atoms with Crippen LogP contribution in [0.1, 0.15) is 11.4 Å². The Morgan fingerprint density at radius 1 is 1.07 bits per heavy atom. The zero-order valence-corrected chi connectivity index (χ0v) is 15.4. The maximum Gasteiger partial charge on any atom is 0.328 e. The zero-order chi connectivity index (χ0) is 19.0. The lowest BCUT2D eigenvalue weighted by Crippen LogP contribution is -2.49. The highest BCUT2D eigenvalue weighted by molar-refractivity contribution is 5.47. The van der Waals surface area contributed by atoms with Crippen molar-refractivity contribution in [1.82, 2.24) is 34.0 Å². The van der Waals surface area contributed by atoms with Gasteiger partial charge in [-0.1, -0.05) is 0 Å². The molecule has 4 heterocycles. The Labute approximate surface area is 155 Å². The standard InChI is InChI=1S/C17H22N8O2/c1-12-9-14(25-16(20-12)18-11-19-25)23-6-3-22(4-7-23)5-8-24-15(26)10-13(2)21-17(24)27/h9-11H,3-8H2,1-2H3,(H,21,27). The van der Waals surface area contributed by atoms with E-state index in [1.165, 1.54) is 17.0 Å². The molecule has 3 aromatic rings. The van der Waals surface area contributed by atoms with Gasteiger partial charge < -0.3 is 9.88 Å². The number of hydrogen-bond donors (Lipinski definition) is 1. The molecule has 0 bridgehead atoms. The van der Waals surface area contributed by atoms with Gasteiger partial charge in [-0.05, 0) is 13.8 Å². The molecular formula is C17H22N8O2. The topological polar surface area (TPSA) is 104 Å². The number of aromatic amines is 1. The Kier molecular flexibility index (Phi) is 4.48. The van der Waals surface area contributed by atoms with E-state index in [-0.39, 0.29) is 11.2 Å². The van der Waals surface area contributed by atoms with E-state index in [4.69, 9.17) is 0 Å². The van der Waals surface area contributed by atoms with Crippen molar-refractivity contribution in [3.8, 4) is 0 Å². The largest absolute Gasteiger partial charge is 0.354 e. The molecule has 1 aliphatic heterocycles. The van der Waals surface area contributed by atoms with Gasteiger partial charge in [0.05, 0.1) is 0 Å². The molecule has 1 N–H and O–H groups in total. The second kappa shape index (κ2) is 6.95. The van der Waals surface area contributed by atoms with Crippen molar-refractivity contribution in [1.29, 1.82) is 0 Å². The minimum absolute atomic E-state index is 0.254. The quantitative estimate of drug-likeness (QED) is 0.655. The molecule has 1 saturated heterocycles. The van der Waals surface area contributed by atoms with Gasteiger partial charge in [0.1, 0.15) is 12.1 Å². The Hall–Kier alpha value is -3.01. The van der Waals surface area contributed by atoms with E-state index in [9.17, 15) is 9.59 Å². The van der Waals surface area contributed by atoms with Crippen molar-refractivity contribution in [2.24, 2.45) is 0 Å². The van der Waals surface area contributed by atoms with Crippen LogP contribution in [0, 0.1) is 13.8 Å². The number of H-pyrrole nitrogens is 1. The molecule has 10 nitrogen and oxygen atoms in total. The van der Waals surface area contributed by atoms with Crippen LogP contribution in [-0.4, -0.2) is 66.8 Å². The van der Waals surface area contributed by atoms with E-state index in [0.717, 1.165) is 37.7 Å². The van der Waals surface area contributed by atoms with Crippen molar-refractivity contribution in [2.75, 3.05) is 37.6 Å². The molecular weight excluding hydrogens is 348 g/mol.